The molecule has 0 atom stereocenters. The molecule has 0 amide bonds. The summed E-state index contributed by atoms with van der Waals surface area (Å²) in [6, 6.07) is 0. The zero-order chi connectivity index (χ0) is 9.31. The van der Waals surface area contributed by atoms with Crippen LogP contribution in [0.1, 0.15) is 45.4 Å². The van der Waals surface area contributed by atoms with Crippen LogP contribution in [0, 0.1) is 11.3 Å². The second-order valence-electron chi connectivity index (χ2n) is 5.03. The van der Waals surface area contributed by atoms with Crippen LogP contribution in [0.5, 0.6) is 0 Å². The van der Waals surface area contributed by atoms with E-state index in [0.29, 0.717) is 11.3 Å². The SMILES string of the molecule is CC1(CN=C(N)C2CCCC2)CC1. The molecule has 0 aliphatic heterocycles. The van der Waals surface area contributed by atoms with E-state index in [0.717, 1.165) is 12.4 Å². The van der Waals surface area contributed by atoms with Crippen LogP contribution in [0.2, 0.25) is 0 Å². The van der Waals surface area contributed by atoms with Gasteiger partial charge in [0.15, 0.2) is 0 Å². The van der Waals surface area contributed by atoms with E-state index >= 15 is 0 Å². The van der Waals surface area contributed by atoms with Gasteiger partial charge in [-0.25, -0.2) is 0 Å². The van der Waals surface area contributed by atoms with Crippen molar-refractivity contribution < 1.29 is 0 Å². The van der Waals surface area contributed by atoms with Crippen LogP contribution in [0.3, 0.4) is 0 Å². The van der Waals surface area contributed by atoms with Gasteiger partial charge in [0.25, 0.3) is 0 Å². The average molecular weight is 180 g/mol. The van der Waals surface area contributed by atoms with E-state index in [1.165, 1.54) is 38.5 Å². The second-order valence-corrected chi connectivity index (χ2v) is 5.03. The van der Waals surface area contributed by atoms with Gasteiger partial charge in [0.05, 0.1) is 5.84 Å². The minimum Gasteiger partial charge on any atom is -0.387 e. The number of aliphatic imine (C=N–C) groups is 1. The average Bonchev–Trinajstić information content (AvgIpc) is 2.69. The number of hydrogen-bond donors (Lipinski definition) is 1. The van der Waals surface area contributed by atoms with E-state index in [4.69, 9.17) is 5.73 Å². The maximum Gasteiger partial charge on any atom is 0.0968 e. The summed E-state index contributed by atoms with van der Waals surface area (Å²) in [4.78, 5) is 4.53. The third kappa shape index (κ3) is 2.23. The molecular formula is C11H20N2. The molecule has 2 aliphatic carbocycles. The zero-order valence-corrected chi connectivity index (χ0v) is 8.55. The number of nitrogens with two attached hydrogens (primary N) is 1. The van der Waals surface area contributed by atoms with Crippen molar-refractivity contribution in [3.05, 3.63) is 0 Å². The van der Waals surface area contributed by atoms with Crippen LogP contribution in [-0.4, -0.2) is 12.4 Å². The van der Waals surface area contributed by atoms with Crippen molar-refractivity contribution in [2.24, 2.45) is 22.1 Å². The number of rotatable bonds is 3. The summed E-state index contributed by atoms with van der Waals surface area (Å²) in [7, 11) is 0. The standard InChI is InChI=1S/C11H20N2/c1-11(6-7-11)8-13-10(12)9-4-2-3-5-9/h9H,2-8H2,1H3,(H2,12,13). The lowest BCUT2D eigenvalue weighted by Gasteiger charge is -2.10. The topological polar surface area (TPSA) is 38.4 Å². The van der Waals surface area contributed by atoms with Gasteiger partial charge in [0, 0.05) is 12.5 Å². The normalized spacial score (nSPS) is 27.9. The summed E-state index contributed by atoms with van der Waals surface area (Å²) >= 11 is 0. The molecule has 0 spiro atoms. The summed E-state index contributed by atoms with van der Waals surface area (Å²) in [5.41, 5.74) is 6.48. The van der Waals surface area contributed by atoms with Crippen LogP contribution in [0.25, 0.3) is 0 Å². The Kier molecular flexibility index (Phi) is 2.31. The smallest absolute Gasteiger partial charge is 0.0968 e. The first-order valence-corrected chi connectivity index (χ1v) is 5.49. The number of hydrogen-bond acceptors (Lipinski definition) is 1. The highest BCUT2D eigenvalue weighted by atomic mass is 14.9. The van der Waals surface area contributed by atoms with Gasteiger partial charge in [-0.15, -0.1) is 0 Å². The van der Waals surface area contributed by atoms with E-state index in [1.54, 1.807) is 0 Å². The van der Waals surface area contributed by atoms with E-state index in [-0.39, 0.29) is 0 Å². The van der Waals surface area contributed by atoms with Crippen molar-refractivity contribution in [3.63, 3.8) is 0 Å². The highest BCUT2D eigenvalue weighted by molar-refractivity contribution is 5.83. The van der Waals surface area contributed by atoms with Gasteiger partial charge < -0.3 is 5.73 Å². The van der Waals surface area contributed by atoms with Crippen molar-refractivity contribution in [2.75, 3.05) is 6.54 Å². The van der Waals surface area contributed by atoms with Crippen LogP contribution in [0.15, 0.2) is 4.99 Å². The molecule has 0 aromatic heterocycles. The van der Waals surface area contributed by atoms with Crippen molar-refractivity contribution in [3.8, 4) is 0 Å². The zero-order valence-electron chi connectivity index (χ0n) is 8.55. The quantitative estimate of drug-likeness (QED) is 0.525. The minimum atomic E-state index is 0.517. The van der Waals surface area contributed by atoms with Crippen molar-refractivity contribution in [1.82, 2.24) is 0 Å². The maximum atomic E-state index is 5.96. The Labute approximate surface area is 80.6 Å². The van der Waals surface area contributed by atoms with Crippen molar-refractivity contribution >= 4 is 5.84 Å². The van der Waals surface area contributed by atoms with Crippen LogP contribution in [-0.2, 0) is 0 Å². The van der Waals surface area contributed by atoms with Crippen molar-refractivity contribution in [2.45, 2.75) is 45.4 Å². The molecule has 0 aromatic rings. The van der Waals surface area contributed by atoms with Crippen molar-refractivity contribution in [1.29, 1.82) is 0 Å². The molecule has 74 valence electrons. The van der Waals surface area contributed by atoms with Crippen LogP contribution >= 0.6 is 0 Å². The molecule has 13 heavy (non-hydrogen) atoms. The van der Waals surface area contributed by atoms with Gasteiger partial charge in [-0.2, -0.15) is 0 Å². The molecule has 0 aromatic carbocycles. The van der Waals surface area contributed by atoms with Crippen LogP contribution < -0.4 is 5.73 Å². The third-order valence-electron chi connectivity index (χ3n) is 3.52. The highest BCUT2D eigenvalue weighted by Crippen LogP contribution is 2.45. The fourth-order valence-electron chi connectivity index (χ4n) is 2.00. The van der Waals surface area contributed by atoms with E-state index in [2.05, 4.69) is 11.9 Å². The molecular weight excluding hydrogens is 160 g/mol. The second kappa shape index (κ2) is 3.32. The Morgan fingerprint density at radius 3 is 2.54 bits per heavy atom. The van der Waals surface area contributed by atoms with Gasteiger partial charge in [-0.05, 0) is 31.1 Å². The molecule has 0 heterocycles. The molecule has 2 fully saturated rings. The summed E-state index contributed by atoms with van der Waals surface area (Å²) in [6.07, 6.45) is 7.91. The Morgan fingerprint density at radius 1 is 1.38 bits per heavy atom. The maximum absolute atomic E-state index is 5.96. The summed E-state index contributed by atoms with van der Waals surface area (Å²) in [5, 5.41) is 0. The predicted molar refractivity (Wildman–Crippen MR) is 55.8 cm³/mol. The Morgan fingerprint density at radius 2 is 2.00 bits per heavy atom. The van der Waals surface area contributed by atoms with Gasteiger partial charge >= 0.3 is 0 Å². The summed E-state index contributed by atoms with van der Waals surface area (Å²) in [6.45, 7) is 3.27. The van der Waals surface area contributed by atoms with E-state index in [1.807, 2.05) is 0 Å². The van der Waals surface area contributed by atoms with Gasteiger partial charge in [-0.3, -0.25) is 4.99 Å². The lowest BCUT2D eigenvalue weighted by atomic mass is 10.1. The molecule has 2 heteroatoms. The molecule has 0 radical (unpaired) electrons. The Hall–Kier alpha value is -0.530. The predicted octanol–water partition coefficient (Wildman–Crippen LogP) is 2.33. The summed E-state index contributed by atoms with van der Waals surface area (Å²) < 4.78 is 0. The first-order valence-electron chi connectivity index (χ1n) is 5.49. The molecule has 0 bridgehead atoms. The largest absolute Gasteiger partial charge is 0.387 e. The molecule has 2 nitrogen and oxygen atoms in total. The third-order valence-corrected chi connectivity index (χ3v) is 3.52. The molecule has 2 saturated carbocycles. The fourth-order valence-corrected chi connectivity index (χ4v) is 2.00. The molecule has 2 rings (SSSR count). The van der Waals surface area contributed by atoms with Crippen LogP contribution in [0.4, 0.5) is 0 Å². The Balaban J connectivity index is 1.83. The van der Waals surface area contributed by atoms with E-state index in [9.17, 15) is 0 Å². The van der Waals surface area contributed by atoms with Gasteiger partial charge in [0.2, 0.25) is 0 Å². The molecule has 0 unspecified atom stereocenters. The highest BCUT2D eigenvalue weighted by Gasteiger charge is 2.37. The lowest BCUT2D eigenvalue weighted by molar-refractivity contribution is 0.583. The van der Waals surface area contributed by atoms with Gasteiger partial charge in [-0.1, -0.05) is 19.8 Å². The lowest BCUT2D eigenvalue weighted by Crippen LogP contribution is -2.22. The fraction of sp³-hybridized carbons (Fsp3) is 0.909. The number of amidine groups is 1. The molecule has 0 saturated heterocycles. The molecule has 2 aliphatic rings. The first-order chi connectivity index (χ1) is 6.20. The summed E-state index contributed by atoms with van der Waals surface area (Å²) in [5.74, 6) is 1.55. The van der Waals surface area contributed by atoms with E-state index < -0.39 is 0 Å². The Bertz CT molecular complexity index is 210. The van der Waals surface area contributed by atoms with Gasteiger partial charge in [0.1, 0.15) is 0 Å². The molecule has 2 N–H and O–H groups in total. The number of nitrogens with zero attached hydrogens (tertiary/aromatic N) is 1. The first kappa shape index (κ1) is 9.04. The monoisotopic (exact) mass is 180 g/mol. The minimum absolute atomic E-state index is 0.517.